The third-order valence-corrected chi connectivity index (χ3v) is 3.36. The average Bonchev–Trinajstić information content (AvgIpc) is 2.90. The van der Waals surface area contributed by atoms with Gasteiger partial charge in [-0.05, 0) is 12.1 Å². The second kappa shape index (κ2) is 4.24. The third kappa shape index (κ3) is 1.66. The minimum Gasteiger partial charge on any atom is -0.389 e. The van der Waals surface area contributed by atoms with E-state index in [0.29, 0.717) is 19.6 Å². The van der Waals surface area contributed by atoms with E-state index < -0.39 is 12.2 Å². The van der Waals surface area contributed by atoms with Crippen molar-refractivity contribution >= 4 is 11.5 Å². The number of nitrogens with zero attached hydrogens (tertiary/aromatic N) is 3. The van der Waals surface area contributed by atoms with Crippen LogP contribution in [0.15, 0.2) is 24.4 Å². The molecule has 0 spiro atoms. The molecule has 1 aliphatic rings. The molecule has 1 saturated heterocycles. The summed E-state index contributed by atoms with van der Waals surface area (Å²) < 4.78 is 1.94. The lowest BCUT2D eigenvalue weighted by molar-refractivity contribution is 0.0572. The van der Waals surface area contributed by atoms with Crippen LogP contribution in [0.25, 0.3) is 5.65 Å². The molecular formula is C12H16N4O2. The first kappa shape index (κ1) is 11.5. The molecule has 6 nitrogen and oxygen atoms in total. The fraction of sp³-hybridized carbons (Fsp3) is 0.417. The lowest BCUT2D eigenvalue weighted by Crippen LogP contribution is -2.23. The highest BCUT2D eigenvalue weighted by molar-refractivity contribution is 5.56. The van der Waals surface area contributed by atoms with E-state index in [2.05, 4.69) is 4.98 Å². The summed E-state index contributed by atoms with van der Waals surface area (Å²) in [6.07, 6.45) is 0.470. The molecule has 3 rings (SSSR count). The Morgan fingerprint density at radius 1 is 1.28 bits per heavy atom. The molecule has 0 aliphatic carbocycles. The summed E-state index contributed by atoms with van der Waals surface area (Å²) in [7, 11) is 0. The standard InChI is InChI=1S/C12H16N4O2/c13-5-8-12(15-6-9(17)10(18)7-15)14-11-3-1-2-4-16(8)11/h1-4,9-10,17-18H,5-7,13H2. The van der Waals surface area contributed by atoms with Gasteiger partial charge in [-0.2, -0.15) is 0 Å². The van der Waals surface area contributed by atoms with E-state index >= 15 is 0 Å². The Bertz CT molecular complexity index is 558. The van der Waals surface area contributed by atoms with Gasteiger partial charge >= 0.3 is 0 Å². The van der Waals surface area contributed by atoms with Crippen molar-refractivity contribution in [1.29, 1.82) is 0 Å². The highest BCUT2D eigenvalue weighted by Crippen LogP contribution is 2.25. The zero-order valence-electron chi connectivity index (χ0n) is 9.90. The van der Waals surface area contributed by atoms with Crippen LogP contribution in [0.4, 0.5) is 5.82 Å². The number of rotatable bonds is 2. The summed E-state index contributed by atoms with van der Waals surface area (Å²) in [5.74, 6) is 0.749. The van der Waals surface area contributed by atoms with Crippen LogP contribution >= 0.6 is 0 Å². The van der Waals surface area contributed by atoms with Gasteiger partial charge in [-0.1, -0.05) is 6.07 Å². The molecule has 0 radical (unpaired) electrons. The number of pyridine rings is 1. The second-order valence-electron chi connectivity index (χ2n) is 4.55. The quantitative estimate of drug-likeness (QED) is 0.656. The summed E-state index contributed by atoms with van der Waals surface area (Å²) in [4.78, 5) is 6.40. The molecule has 0 aromatic carbocycles. The van der Waals surface area contributed by atoms with Crippen molar-refractivity contribution in [1.82, 2.24) is 9.38 Å². The van der Waals surface area contributed by atoms with Gasteiger partial charge < -0.3 is 25.2 Å². The molecule has 0 saturated carbocycles. The molecule has 96 valence electrons. The SMILES string of the molecule is NCc1c(N2CC(O)C(O)C2)nc2ccccn12. The number of aliphatic hydroxyl groups excluding tert-OH is 2. The van der Waals surface area contributed by atoms with Gasteiger partial charge in [0.2, 0.25) is 0 Å². The topological polar surface area (TPSA) is 87.0 Å². The number of imidazole rings is 1. The fourth-order valence-corrected chi connectivity index (χ4v) is 2.42. The summed E-state index contributed by atoms with van der Waals surface area (Å²) in [5.41, 5.74) is 7.50. The number of aliphatic hydroxyl groups is 2. The third-order valence-electron chi connectivity index (χ3n) is 3.36. The maximum atomic E-state index is 9.61. The number of hydrogen-bond acceptors (Lipinski definition) is 5. The van der Waals surface area contributed by atoms with Crippen LogP contribution in [0.3, 0.4) is 0 Å². The predicted molar refractivity (Wildman–Crippen MR) is 67.3 cm³/mol. The molecule has 18 heavy (non-hydrogen) atoms. The lowest BCUT2D eigenvalue weighted by Gasteiger charge is -2.15. The van der Waals surface area contributed by atoms with Crippen LogP contribution in [-0.4, -0.2) is 44.9 Å². The van der Waals surface area contributed by atoms with Crippen LogP contribution in [-0.2, 0) is 6.54 Å². The van der Waals surface area contributed by atoms with Gasteiger partial charge in [0.25, 0.3) is 0 Å². The fourth-order valence-electron chi connectivity index (χ4n) is 2.42. The first-order chi connectivity index (χ1) is 8.70. The molecule has 2 atom stereocenters. The monoisotopic (exact) mass is 248 g/mol. The number of β-amino-alcohol motifs (C(OH)–C–C–N with tert-alkyl or cyclic N) is 2. The Hall–Kier alpha value is -1.63. The van der Waals surface area contributed by atoms with E-state index in [9.17, 15) is 10.2 Å². The minimum absolute atomic E-state index is 0.364. The molecule has 2 aromatic rings. The average molecular weight is 248 g/mol. The van der Waals surface area contributed by atoms with Gasteiger partial charge in [0.05, 0.1) is 17.9 Å². The van der Waals surface area contributed by atoms with Gasteiger partial charge in [-0.25, -0.2) is 4.98 Å². The maximum absolute atomic E-state index is 9.61. The molecule has 6 heteroatoms. The smallest absolute Gasteiger partial charge is 0.152 e. The number of aromatic nitrogens is 2. The van der Waals surface area contributed by atoms with E-state index in [1.165, 1.54) is 0 Å². The van der Waals surface area contributed by atoms with Gasteiger partial charge in [0.15, 0.2) is 5.82 Å². The predicted octanol–water partition coefficient (Wildman–Crippen LogP) is -0.665. The Labute approximate surface area is 104 Å². The van der Waals surface area contributed by atoms with Gasteiger partial charge in [-0.15, -0.1) is 0 Å². The van der Waals surface area contributed by atoms with Crippen molar-refractivity contribution in [3.8, 4) is 0 Å². The Morgan fingerprint density at radius 3 is 2.67 bits per heavy atom. The number of fused-ring (bicyclic) bond motifs is 1. The molecule has 0 amide bonds. The van der Waals surface area contributed by atoms with E-state index in [-0.39, 0.29) is 0 Å². The second-order valence-corrected chi connectivity index (χ2v) is 4.55. The van der Waals surface area contributed by atoms with Crippen LogP contribution in [0, 0.1) is 0 Å². The van der Waals surface area contributed by atoms with Gasteiger partial charge in [-0.3, -0.25) is 0 Å². The van der Waals surface area contributed by atoms with Crippen molar-refractivity contribution in [3.05, 3.63) is 30.1 Å². The Kier molecular flexibility index (Phi) is 2.70. The molecule has 2 aromatic heterocycles. The van der Waals surface area contributed by atoms with Gasteiger partial charge in [0.1, 0.15) is 5.65 Å². The van der Waals surface area contributed by atoms with Crippen molar-refractivity contribution in [2.75, 3.05) is 18.0 Å². The first-order valence-corrected chi connectivity index (χ1v) is 5.98. The maximum Gasteiger partial charge on any atom is 0.152 e. The van der Waals surface area contributed by atoms with Crippen LogP contribution in [0.1, 0.15) is 5.69 Å². The summed E-state index contributed by atoms with van der Waals surface area (Å²) in [5, 5.41) is 19.2. The molecule has 3 heterocycles. The minimum atomic E-state index is -0.722. The summed E-state index contributed by atoms with van der Waals surface area (Å²) >= 11 is 0. The van der Waals surface area contributed by atoms with Crippen LogP contribution in [0.5, 0.6) is 0 Å². The van der Waals surface area contributed by atoms with E-state index in [4.69, 9.17) is 5.73 Å². The van der Waals surface area contributed by atoms with Crippen molar-refractivity contribution in [3.63, 3.8) is 0 Å². The molecule has 4 N–H and O–H groups in total. The number of nitrogens with two attached hydrogens (primary N) is 1. The first-order valence-electron chi connectivity index (χ1n) is 5.98. The Morgan fingerprint density at radius 2 is 2.00 bits per heavy atom. The largest absolute Gasteiger partial charge is 0.389 e. The van der Waals surface area contributed by atoms with Crippen LogP contribution < -0.4 is 10.6 Å². The Balaban J connectivity index is 2.06. The van der Waals surface area contributed by atoms with Crippen molar-refractivity contribution in [2.45, 2.75) is 18.8 Å². The zero-order chi connectivity index (χ0) is 12.7. The highest BCUT2D eigenvalue weighted by atomic mass is 16.3. The number of anilines is 1. The van der Waals surface area contributed by atoms with E-state index in [1.54, 1.807) is 0 Å². The lowest BCUT2D eigenvalue weighted by atomic mass is 10.3. The van der Waals surface area contributed by atoms with Crippen molar-refractivity contribution < 1.29 is 10.2 Å². The normalized spacial score (nSPS) is 24.1. The zero-order valence-corrected chi connectivity index (χ0v) is 9.90. The van der Waals surface area contributed by atoms with Gasteiger partial charge in [0, 0.05) is 25.8 Å². The molecule has 1 aliphatic heterocycles. The molecule has 1 fully saturated rings. The molecule has 2 unspecified atom stereocenters. The van der Waals surface area contributed by atoms with Crippen molar-refractivity contribution in [2.24, 2.45) is 5.73 Å². The van der Waals surface area contributed by atoms with Crippen LogP contribution in [0.2, 0.25) is 0 Å². The number of hydrogen-bond donors (Lipinski definition) is 3. The molecular weight excluding hydrogens is 232 g/mol. The highest BCUT2D eigenvalue weighted by Gasteiger charge is 2.32. The summed E-state index contributed by atoms with van der Waals surface area (Å²) in [6.45, 7) is 1.14. The van der Waals surface area contributed by atoms with E-state index in [0.717, 1.165) is 17.2 Å². The molecule has 0 bridgehead atoms. The van der Waals surface area contributed by atoms with E-state index in [1.807, 2.05) is 33.7 Å². The summed E-state index contributed by atoms with van der Waals surface area (Å²) in [6, 6.07) is 5.75.